The highest BCUT2D eigenvalue weighted by Crippen LogP contribution is 2.21. The Kier molecular flexibility index (Phi) is 6.23. The van der Waals surface area contributed by atoms with E-state index in [1.54, 1.807) is 19.2 Å². The fourth-order valence-corrected chi connectivity index (χ4v) is 3.47. The average molecular weight is 369 g/mol. The second-order valence-electron chi connectivity index (χ2n) is 5.56. The van der Waals surface area contributed by atoms with E-state index in [-0.39, 0.29) is 17.5 Å². The number of benzene rings is 2. The Morgan fingerprint density at radius 3 is 2.17 bits per heavy atom. The van der Waals surface area contributed by atoms with E-state index in [0.717, 1.165) is 11.3 Å². The first-order chi connectivity index (χ1) is 11.3. The third-order valence-corrected chi connectivity index (χ3v) is 5.41. The second-order valence-corrected chi connectivity index (χ2v) is 7.76. The molecule has 7 heteroatoms. The molecule has 0 fully saturated rings. The Bertz CT molecular complexity index is 759. The molecule has 0 saturated carbocycles. The van der Waals surface area contributed by atoms with Gasteiger partial charge in [-0.05, 0) is 56.1 Å². The maximum Gasteiger partial charge on any atom is 0.240 e. The summed E-state index contributed by atoms with van der Waals surface area (Å²) in [4.78, 5) is 2.16. The van der Waals surface area contributed by atoms with Crippen molar-refractivity contribution < 1.29 is 13.2 Å². The number of halogens is 1. The van der Waals surface area contributed by atoms with Gasteiger partial charge in [-0.3, -0.25) is 0 Å². The molecule has 0 bridgehead atoms. The molecule has 0 saturated heterocycles. The minimum Gasteiger partial charge on any atom is -0.497 e. The van der Waals surface area contributed by atoms with Crippen molar-refractivity contribution in [1.82, 2.24) is 9.62 Å². The lowest BCUT2D eigenvalue weighted by Gasteiger charge is -2.25. The molecule has 0 amide bonds. The molecular weight excluding hydrogens is 348 g/mol. The van der Waals surface area contributed by atoms with Crippen molar-refractivity contribution in [3.63, 3.8) is 0 Å². The molecule has 0 heterocycles. The minimum absolute atomic E-state index is 0.0991. The molecular formula is C17H21ClN2O3S. The summed E-state index contributed by atoms with van der Waals surface area (Å²) >= 11 is 5.80. The molecule has 0 aromatic heterocycles. The number of likely N-dealkylation sites (N-methyl/N-ethyl adjacent to an activating group) is 1. The van der Waals surface area contributed by atoms with Gasteiger partial charge in [-0.15, -0.1) is 0 Å². The summed E-state index contributed by atoms with van der Waals surface area (Å²) in [6.07, 6.45) is 0. The normalized spacial score (nSPS) is 13.0. The number of nitrogens with zero attached hydrogens (tertiary/aromatic N) is 1. The van der Waals surface area contributed by atoms with Crippen molar-refractivity contribution in [2.24, 2.45) is 0 Å². The standard InChI is InChI=1S/C17H21ClN2O3S/c1-20(2)17(13-4-8-15(23-3)9-5-13)12-19-24(21,22)16-10-6-14(18)7-11-16/h4-11,17,19H,12H2,1-3H3. The van der Waals surface area contributed by atoms with Gasteiger partial charge in [0, 0.05) is 17.6 Å². The highest BCUT2D eigenvalue weighted by molar-refractivity contribution is 7.89. The Labute approximate surface area is 148 Å². The fraction of sp³-hybridized carbons (Fsp3) is 0.294. The summed E-state index contributed by atoms with van der Waals surface area (Å²) in [5.41, 5.74) is 1.000. The van der Waals surface area contributed by atoms with Crippen LogP contribution in [0.4, 0.5) is 0 Å². The summed E-state index contributed by atoms with van der Waals surface area (Å²) in [5, 5.41) is 0.498. The van der Waals surface area contributed by atoms with E-state index in [4.69, 9.17) is 16.3 Å². The number of methoxy groups -OCH3 is 1. The Hall–Kier alpha value is -1.60. The van der Waals surface area contributed by atoms with E-state index in [9.17, 15) is 8.42 Å². The minimum atomic E-state index is -3.59. The summed E-state index contributed by atoms with van der Waals surface area (Å²) in [6, 6.07) is 13.6. The van der Waals surface area contributed by atoms with Crippen molar-refractivity contribution in [3.05, 3.63) is 59.1 Å². The molecule has 0 aliphatic carbocycles. The van der Waals surface area contributed by atoms with Crippen molar-refractivity contribution >= 4 is 21.6 Å². The van der Waals surface area contributed by atoms with E-state index >= 15 is 0 Å². The zero-order valence-electron chi connectivity index (χ0n) is 13.9. The quantitative estimate of drug-likeness (QED) is 0.816. The lowest BCUT2D eigenvalue weighted by molar-refractivity contribution is 0.299. The molecule has 1 N–H and O–H groups in total. The first-order valence-electron chi connectivity index (χ1n) is 7.39. The van der Waals surface area contributed by atoms with Crippen LogP contribution in [0.1, 0.15) is 11.6 Å². The first kappa shape index (κ1) is 18.7. The molecule has 0 aliphatic rings. The Balaban J connectivity index is 2.14. The molecule has 0 radical (unpaired) electrons. The maximum atomic E-state index is 12.4. The zero-order chi connectivity index (χ0) is 17.7. The molecule has 130 valence electrons. The van der Waals surface area contributed by atoms with Gasteiger partial charge in [0.2, 0.25) is 10.0 Å². The maximum absolute atomic E-state index is 12.4. The van der Waals surface area contributed by atoms with E-state index in [0.29, 0.717) is 5.02 Å². The van der Waals surface area contributed by atoms with Crippen LogP contribution in [-0.4, -0.2) is 41.1 Å². The topological polar surface area (TPSA) is 58.6 Å². The molecule has 0 aliphatic heterocycles. The van der Waals surface area contributed by atoms with E-state index in [2.05, 4.69) is 4.72 Å². The van der Waals surface area contributed by atoms with E-state index in [1.807, 2.05) is 43.3 Å². The fourth-order valence-electron chi connectivity index (χ4n) is 2.31. The SMILES string of the molecule is COc1ccc(C(CNS(=O)(=O)c2ccc(Cl)cc2)N(C)C)cc1. The lowest BCUT2D eigenvalue weighted by atomic mass is 10.1. The molecule has 2 aromatic carbocycles. The highest BCUT2D eigenvalue weighted by Gasteiger charge is 2.19. The van der Waals surface area contributed by atoms with Gasteiger partial charge in [-0.2, -0.15) is 0 Å². The van der Waals surface area contributed by atoms with Crippen LogP contribution in [-0.2, 0) is 10.0 Å². The molecule has 5 nitrogen and oxygen atoms in total. The van der Waals surface area contributed by atoms with Crippen molar-refractivity contribution in [1.29, 1.82) is 0 Å². The number of ether oxygens (including phenoxy) is 1. The molecule has 24 heavy (non-hydrogen) atoms. The van der Waals surface area contributed by atoms with Gasteiger partial charge >= 0.3 is 0 Å². The summed E-state index contributed by atoms with van der Waals surface area (Å²) < 4.78 is 32.6. The van der Waals surface area contributed by atoms with E-state index in [1.165, 1.54) is 12.1 Å². The van der Waals surface area contributed by atoms with Gasteiger partial charge in [0.1, 0.15) is 5.75 Å². The molecule has 0 spiro atoms. The van der Waals surface area contributed by atoms with Crippen LogP contribution in [0.5, 0.6) is 5.75 Å². The Morgan fingerprint density at radius 2 is 1.67 bits per heavy atom. The first-order valence-corrected chi connectivity index (χ1v) is 9.25. The second kappa shape index (κ2) is 7.98. The van der Waals surface area contributed by atoms with Crippen LogP contribution in [0, 0.1) is 0 Å². The predicted molar refractivity (Wildman–Crippen MR) is 96.1 cm³/mol. The molecule has 2 rings (SSSR count). The molecule has 1 atom stereocenters. The zero-order valence-corrected chi connectivity index (χ0v) is 15.4. The summed E-state index contributed by atoms with van der Waals surface area (Å²) in [5.74, 6) is 0.762. The van der Waals surface area contributed by atoms with Crippen molar-refractivity contribution in [3.8, 4) is 5.75 Å². The van der Waals surface area contributed by atoms with Crippen LogP contribution in [0.2, 0.25) is 5.02 Å². The van der Waals surface area contributed by atoms with Gasteiger partial charge in [0.15, 0.2) is 0 Å². The smallest absolute Gasteiger partial charge is 0.240 e. The van der Waals surface area contributed by atoms with Gasteiger partial charge in [-0.25, -0.2) is 13.1 Å². The summed E-state index contributed by atoms with van der Waals surface area (Å²) in [6.45, 7) is 0.254. The summed E-state index contributed by atoms with van der Waals surface area (Å²) in [7, 11) is 1.84. The van der Waals surface area contributed by atoms with Crippen LogP contribution in [0.3, 0.4) is 0 Å². The Morgan fingerprint density at radius 1 is 1.08 bits per heavy atom. The largest absolute Gasteiger partial charge is 0.497 e. The number of rotatable bonds is 7. The number of hydrogen-bond acceptors (Lipinski definition) is 4. The third-order valence-electron chi connectivity index (χ3n) is 3.71. The number of nitrogens with one attached hydrogen (secondary N) is 1. The molecule has 2 aromatic rings. The van der Waals surface area contributed by atoms with Crippen molar-refractivity contribution in [2.45, 2.75) is 10.9 Å². The average Bonchev–Trinajstić information content (AvgIpc) is 2.55. The number of hydrogen-bond donors (Lipinski definition) is 1. The van der Waals surface area contributed by atoms with Gasteiger partial charge < -0.3 is 9.64 Å². The van der Waals surface area contributed by atoms with Crippen LogP contribution in [0.25, 0.3) is 0 Å². The van der Waals surface area contributed by atoms with Gasteiger partial charge in [-0.1, -0.05) is 23.7 Å². The van der Waals surface area contributed by atoms with E-state index < -0.39 is 10.0 Å². The highest BCUT2D eigenvalue weighted by atomic mass is 35.5. The van der Waals surface area contributed by atoms with Crippen LogP contribution in [0.15, 0.2) is 53.4 Å². The van der Waals surface area contributed by atoms with Gasteiger partial charge in [0.25, 0.3) is 0 Å². The monoisotopic (exact) mass is 368 g/mol. The van der Waals surface area contributed by atoms with Gasteiger partial charge in [0.05, 0.1) is 12.0 Å². The third kappa shape index (κ3) is 4.70. The predicted octanol–water partition coefficient (Wildman–Crippen LogP) is 2.93. The lowest BCUT2D eigenvalue weighted by Crippen LogP contribution is -2.34. The van der Waals surface area contributed by atoms with Crippen LogP contribution < -0.4 is 9.46 Å². The molecule has 1 unspecified atom stereocenters. The number of sulfonamides is 1. The van der Waals surface area contributed by atoms with Crippen molar-refractivity contribution in [2.75, 3.05) is 27.7 Å². The van der Waals surface area contributed by atoms with Crippen LogP contribution >= 0.6 is 11.6 Å².